The van der Waals surface area contributed by atoms with Crippen molar-refractivity contribution in [1.29, 1.82) is 0 Å². The van der Waals surface area contributed by atoms with Gasteiger partial charge in [0.2, 0.25) is 0 Å². The highest BCUT2D eigenvalue weighted by molar-refractivity contribution is 7.09. The number of benzene rings is 1. The fourth-order valence-corrected chi connectivity index (χ4v) is 3.04. The van der Waals surface area contributed by atoms with Gasteiger partial charge in [0.15, 0.2) is 5.96 Å². The van der Waals surface area contributed by atoms with Crippen molar-refractivity contribution in [3.8, 4) is 0 Å². The first kappa shape index (κ1) is 17.5. The van der Waals surface area contributed by atoms with Gasteiger partial charge >= 0.3 is 0 Å². The number of aromatic nitrogens is 1. The summed E-state index contributed by atoms with van der Waals surface area (Å²) in [5.74, 6) is 0.784. The molecule has 2 rings (SSSR count). The van der Waals surface area contributed by atoms with Gasteiger partial charge in [0.1, 0.15) is 0 Å². The minimum absolute atomic E-state index is 0.102. The van der Waals surface area contributed by atoms with Crippen LogP contribution in [0.25, 0.3) is 0 Å². The summed E-state index contributed by atoms with van der Waals surface area (Å²) in [4.78, 5) is 8.99. The van der Waals surface area contributed by atoms with Gasteiger partial charge in [-0.1, -0.05) is 51.1 Å². The Labute approximate surface area is 143 Å². The zero-order chi connectivity index (χ0) is 16.9. The molecule has 0 amide bonds. The molecule has 0 aliphatic heterocycles. The highest BCUT2D eigenvalue weighted by Gasteiger charge is 2.18. The molecule has 2 N–H and O–H groups in total. The maximum absolute atomic E-state index is 4.70. The van der Waals surface area contributed by atoms with Crippen LogP contribution in [0.3, 0.4) is 0 Å². The monoisotopic (exact) mass is 330 g/mol. The molecule has 1 unspecified atom stereocenters. The van der Waals surface area contributed by atoms with E-state index in [9.17, 15) is 0 Å². The number of aliphatic imine (C=N–C) groups is 1. The van der Waals surface area contributed by atoms with Gasteiger partial charge in [-0.2, -0.15) is 0 Å². The standard InChI is InChI=1S/C18H26N4S/c1-13(14-9-7-6-8-10-14)21-17(19-5)20-11-15-12-23-16(22-15)18(2,3)4/h6-10,12-13H,11H2,1-5H3,(H2,19,20,21). The van der Waals surface area contributed by atoms with E-state index >= 15 is 0 Å². The molecule has 2 aromatic rings. The van der Waals surface area contributed by atoms with E-state index in [0.29, 0.717) is 6.54 Å². The van der Waals surface area contributed by atoms with Crippen LogP contribution in [0.15, 0.2) is 40.7 Å². The van der Waals surface area contributed by atoms with Crippen LogP contribution in [0.1, 0.15) is 50.0 Å². The van der Waals surface area contributed by atoms with Crippen LogP contribution < -0.4 is 10.6 Å². The molecule has 5 heteroatoms. The van der Waals surface area contributed by atoms with Gasteiger partial charge in [-0.05, 0) is 12.5 Å². The predicted molar refractivity (Wildman–Crippen MR) is 99.0 cm³/mol. The Hall–Kier alpha value is -1.88. The van der Waals surface area contributed by atoms with Gasteiger partial charge in [-0.3, -0.25) is 4.99 Å². The Kier molecular flexibility index (Phi) is 5.77. The molecule has 0 saturated carbocycles. The molecule has 23 heavy (non-hydrogen) atoms. The van der Waals surface area contributed by atoms with Crippen LogP contribution in [-0.2, 0) is 12.0 Å². The van der Waals surface area contributed by atoms with Crippen LogP contribution in [0.2, 0.25) is 0 Å². The van der Waals surface area contributed by atoms with Gasteiger partial charge < -0.3 is 10.6 Å². The highest BCUT2D eigenvalue weighted by Crippen LogP contribution is 2.25. The minimum atomic E-state index is 0.102. The Morgan fingerprint density at radius 1 is 1.26 bits per heavy atom. The Bertz CT molecular complexity index is 641. The summed E-state index contributed by atoms with van der Waals surface area (Å²) in [6, 6.07) is 10.5. The second-order valence-corrected chi connectivity index (χ2v) is 7.45. The van der Waals surface area contributed by atoms with E-state index in [1.54, 1.807) is 18.4 Å². The van der Waals surface area contributed by atoms with E-state index in [1.165, 1.54) is 5.56 Å². The lowest BCUT2D eigenvalue weighted by molar-refractivity contribution is 0.582. The highest BCUT2D eigenvalue weighted by atomic mass is 32.1. The summed E-state index contributed by atoms with van der Waals surface area (Å²) in [6.07, 6.45) is 0. The summed E-state index contributed by atoms with van der Waals surface area (Å²) >= 11 is 1.72. The number of nitrogens with zero attached hydrogens (tertiary/aromatic N) is 2. The first-order chi connectivity index (χ1) is 10.9. The number of hydrogen-bond donors (Lipinski definition) is 2. The van der Waals surface area contributed by atoms with E-state index in [1.807, 2.05) is 18.2 Å². The first-order valence-corrected chi connectivity index (χ1v) is 8.75. The van der Waals surface area contributed by atoms with Crippen LogP contribution in [-0.4, -0.2) is 18.0 Å². The van der Waals surface area contributed by atoms with Crippen molar-refractivity contribution in [3.05, 3.63) is 52.0 Å². The number of hydrogen-bond acceptors (Lipinski definition) is 3. The normalized spacial score (nSPS) is 13.7. The lowest BCUT2D eigenvalue weighted by atomic mass is 9.98. The number of thiazole rings is 1. The molecule has 1 heterocycles. The Morgan fingerprint density at radius 3 is 2.52 bits per heavy atom. The molecular formula is C18H26N4S. The average Bonchev–Trinajstić information content (AvgIpc) is 3.01. The zero-order valence-corrected chi connectivity index (χ0v) is 15.4. The largest absolute Gasteiger partial charge is 0.351 e. The quantitative estimate of drug-likeness (QED) is 0.661. The van der Waals surface area contributed by atoms with Crippen LogP contribution >= 0.6 is 11.3 Å². The molecule has 1 aromatic carbocycles. The summed E-state index contributed by atoms with van der Waals surface area (Å²) < 4.78 is 0. The van der Waals surface area contributed by atoms with E-state index in [0.717, 1.165) is 16.7 Å². The van der Waals surface area contributed by atoms with E-state index < -0.39 is 0 Å². The van der Waals surface area contributed by atoms with Gasteiger partial charge in [0.25, 0.3) is 0 Å². The molecule has 1 aromatic heterocycles. The Balaban J connectivity index is 1.92. The van der Waals surface area contributed by atoms with Crippen molar-refractivity contribution in [2.45, 2.75) is 45.7 Å². The Morgan fingerprint density at radius 2 is 1.96 bits per heavy atom. The molecule has 0 bridgehead atoms. The van der Waals surface area contributed by atoms with Gasteiger partial charge in [0.05, 0.1) is 23.3 Å². The molecule has 124 valence electrons. The molecule has 1 atom stereocenters. The van der Waals surface area contributed by atoms with Gasteiger partial charge in [0, 0.05) is 17.8 Å². The molecule has 0 aliphatic carbocycles. The van der Waals surface area contributed by atoms with Crippen molar-refractivity contribution >= 4 is 17.3 Å². The number of nitrogens with one attached hydrogen (secondary N) is 2. The maximum atomic E-state index is 4.70. The average molecular weight is 331 g/mol. The fraction of sp³-hybridized carbons (Fsp3) is 0.444. The van der Waals surface area contributed by atoms with Gasteiger partial charge in [-0.15, -0.1) is 11.3 Å². The van der Waals surface area contributed by atoms with Gasteiger partial charge in [-0.25, -0.2) is 4.98 Å². The molecule has 0 aliphatic rings. The maximum Gasteiger partial charge on any atom is 0.191 e. The first-order valence-electron chi connectivity index (χ1n) is 7.87. The smallest absolute Gasteiger partial charge is 0.191 e. The third kappa shape index (κ3) is 5.06. The lowest BCUT2D eigenvalue weighted by Gasteiger charge is -2.18. The molecule has 0 spiro atoms. The molecule has 4 nitrogen and oxygen atoms in total. The van der Waals surface area contributed by atoms with Crippen molar-refractivity contribution in [2.75, 3.05) is 7.05 Å². The van der Waals surface area contributed by atoms with Crippen LogP contribution in [0, 0.1) is 0 Å². The van der Waals surface area contributed by atoms with E-state index in [-0.39, 0.29) is 11.5 Å². The predicted octanol–water partition coefficient (Wildman–Crippen LogP) is 3.87. The summed E-state index contributed by atoms with van der Waals surface area (Å²) in [5.41, 5.74) is 2.39. The SMILES string of the molecule is CN=C(NCc1csc(C(C)(C)C)n1)NC(C)c1ccccc1. The van der Waals surface area contributed by atoms with Crippen molar-refractivity contribution < 1.29 is 0 Å². The fourth-order valence-electron chi connectivity index (χ4n) is 2.13. The summed E-state index contributed by atoms with van der Waals surface area (Å²) in [7, 11) is 1.79. The summed E-state index contributed by atoms with van der Waals surface area (Å²) in [5, 5.41) is 10.0. The molecule has 0 radical (unpaired) electrons. The molecule has 0 fully saturated rings. The lowest BCUT2D eigenvalue weighted by Crippen LogP contribution is -2.38. The van der Waals surface area contributed by atoms with Crippen molar-refractivity contribution in [3.63, 3.8) is 0 Å². The topological polar surface area (TPSA) is 49.3 Å². The van der Waals surface area contributed by atoms with Crippen molar-refractivity contribution in [2.24, 2.45) is 4.99 Å². The number of guanidine groups is 1. The summed E-state index contributed by atoms with van der Waals surface area (Å²) in [6.45, 7) is 9.36. The molecular weight excluding hydrogens is 304 g/mol. The van der Waals surface area contributed by atoms with E-state index in [4.69, 9.17) is 4.98 Å². The minimum Gasteiger partial charge on any atom is -0.351 e. The van der Waals surface area contributed by atoms with E-state index in [2.05, 4.69) is 60.8 Å². The van der Waals surface area contributed by atoms with Crippen LogP contribution in [0.5, 0.6) is 0 Å². The zero-order valence-electron chi connectivity index (χ0n) is 14.6. The molecule has 0 saturated heterocycles. The van der Waals surface area contributed by atoms with Crippen molar-refractivity contribution in [1.82, 2.24) is 15.6 Å². The second kappa shape index (κ2) is 7.59. The third-order valence-electron chi connectivity index (χ3n) is 3.51. The number of rotatable bonds is 4. The second-order valence-electron chi connectivity index (χ2n) is 6.60. The van der Waals surface area contributed by atoms with Crippen LogP contribution in [0.4, 0.5) is 0 Å². The third-order valence-corrected chi connectivity index (χ3v) is 4.82.